The fourth-order valence-electron chi connectivity index (χ4n) is 2.80. The Hall–Kier alpha value is -2.26. The van der Waals surface area contributed by atoms with E-state index in [2.05, 4.69) is 18.0 Å². The normalized spacial score (nSPS) is 10.9. The lowest BCUT2D eigenvalue weighted by Crippen LogP contribution is -1.91. The van der Waals surface area contributed by atoms with Crippen molar-refractivity contribution >= 4 is 28.8 Å². The third-order valence-electron chi connectivity index (χ3n) is 3.89. The molecule has 4 heteroatoms. The average molecular weight is 314 g/mol. The number of para-hydroxylation sites is 1. The molecule has 0 radical (unpaired) electrons. The van der Waals surface area contributed by atoms with Crippen molar-refractivity contribution in [3.8, 4) is 17.0 Å². The Balaban J connectivity index is 2.36. The Morgan fingerprint density at radius 1 is 1.27 bits per heavy atom. The van der Waals surface area contributed by atoms with Crippen molar-refractivity contribution in [3.63, 3.8) is 0 Å². The number of aromatic nitrogens is 1. The number of H-pyrrole nitrogens is 1. The fraction of sp³-hybridized carbons (Fsp3) is 0.167. The summed E-state index contributed by atoms with van der Waals surface area (Å²) < 4.78 is 5.41. The third kappa shape index (κ3) is 2.28. The van der Waals surface area contributed by atoms with E-state index in [0.29, 0.717) is 16.3 Å². The monoisotopic (exact) mass is 313 g/mol. The second-order valence-corrected chi connectivity index (χ2v) is 5.51. The van der Waals surface area contributed by atoms with Gasteiger partial charge in [-0.05, 0) is 30.2 Å². The van der Waals surface area contributed by atoms with E-state index < -0.39 is 0 Å². The van der Waals surface area contributed by atoms with Gasteiger partial charge >= 0.3 is 0 Å². The zero-order chi connectivity index (χ0) is 15.7. The molecule has 0 bridgehead atoms. The largest absolute Gasteiger partial charge is 0.496 e. The number of aromatic amines is 1. The van der Waals surface area contributed by atoms with Gasteiger partial charge in [-0.3, -0.25) is 4.79 Å². The maximum Gasteiger partial charge on any atom is 0.152 e. The molecule has 1 heterocycles. The molecule has 0 aliphatic rings. The molecule has 3 nitrogen and oxygen atoms in total. The van der Waals surface area contributed by atoms with Crippen LogP contribution in [0, 0.1) is 0 Å². The number of benzene rings is 2. The van der Waals surface area contributed by atoms with Gasteiger partial charge in [0.25, 0.3) is 0 Å². The highest BCUT2D eigenvalue weighted by Gasteiger charge is 2.17. The van der Waals surface area contributed by atoms with Crippen LogP contribution in [0.3, 0.4) is 0 Å². The molecule has 0 spiro atoms. The Kier molecular flexibility index (Phi) is 3.90. The topological polar surface area (TPSA) is 42.1 Å². The molecule has 0 amide bonds. The van der Waals surface area contributed by atoms with E-state index in [1.807, 2.05) is 18.2 Å². The van der Waals surface area contributed by atoms with Gasteiger partial charge in [0, 0.05) is 27.1 Å². The zero-order valence-corrected chi connectivity index (χ0v) is 13.2. The summed E-state index contributed by atoms with van der Waals surface area (Å²) in [5.41, 5.74) is 4.32. The van der Waals surface area contributed by atoms with E-state index in [9.17, 15) is 4.79 Å². The van der Waals surface area contributed by atoms with Crippen LogP contribution in [0.25, 0.3) is 22.2 Å². The minimum absolute atomic E-state index is 0.599. The summed E-state index contributed by atoms with van der Waals surface area (Å²) in [6.07, 6.45) is 1.77. The number of aryl methyl sites for hydroxylation is 1. The molecule has 1 N–H and O–H groups in total. The van der Waals surface area contributed by atoms with Crippen molar-refractivity contribution in [1.82, 2.24) is 4.98 Å². The van der Waals surface area contributed by atoms with Crippen LogP contribution in [-0.2, 0) is 6.42 Å². The Bertz CT molecular complexity index is 852. The Morgan fingerprint density at radius 3 is 2.77 bits per heavy atom. The molecule has 3 rings (SSSR count). The predicted molar refractivity (Wildman–Crippen MR) is 90.1 cm³/mol. The van der Waals surface area contributed by atoms with Crippen LogP contribution < -0.4 is 4.74 Å². The smallest absolute Gasteiger partial charge is 0.152 e. The van der Waals surface area contributed by atoms with Gasteiger partial charge in [-0.25, -0.2) is 0 Å². The molecule has 0 aliphatic heterocycles. The molecule has 0 saturated carbocycles. The molecule has 1 aromatic heterocycles. The van der Waals surface area contributed by atoms with Crippen LogP contribution >= 0.6 is 11.6 Å². The first-order chi connectivity index (χ1) is 10.7. The molecule has 112 valence electrons. The van der Waals surface area contributed by atoms with Crippen molar-refractivity contribution in [2.24, 2.45) is 0 Å². The Morgan fingerprint density at radius 2 is 2.09 bits per heavy atom. The van der Waals surface area contributed by atoms with Crippen LogP contribution in [0.2, 0.25) is 5.02 Å². The molecule has 0 aliphatic carbocycles. The lowest BCUT2D eigenvalue weighted by molar-refractivity contribution is 0.112. The maximum absolute atomic E-state index is 11.7. The van der Waals surface area contributed by atoms with Crippen LogP contribution in [0.5, 0.6) is 5.75 Å². The fourth-order valence-corrected chi connectivity index (χ4v) is 2.98. The van der Waals surface area contributed by atoms with E-state index in [1.54, 1.807) is 19.2 Å². The van der Waals surface area contributed by atoms with Crippen LogP contribution in [-0.4, -0.2) is 18.4 Å². The van der Waals surface area contributed by atoms with E-state index >= 15 is 0 Å². The summed E-state index contributed by atoms with van der Waals surface area (Å²) in [7, 11) is 1.60. The highest BCUT2D eigenvalue weighted by molar-refractivity contribution is 6.31. The number of hydrogen-bond acceptors (Lipinski definition) is 2. The zero-order valence-electron chi connectivity index (χ0n) is 12.4. The number of ether oxygens (including phenoxy) is 1. The number of carbonyl (C=O) groups is 1. The van der Waals surface area contributed by atoms with Crippen molar-refractivity contribution in [2.45, 2.75) is 13.3 Å². The number of carbonyl (C=O) groups excluding carboxylic acids is 1. The molecule has 0 unspecified atom stereocenters. The molecule has 0 fully saturated rings. The molecule has 22 heavy (non-hydrogen) atoms. The predicted octanol–water partition coefficient (Wildman–Crippen LogP) is 4.87. The Labute approximate surface area is 133 Å². The SMILES string of the molecule is CCc1cccc2c(C=O)c(-c3cc(Cl)ccc3OC)[nH]c12. The second-order valence-electron chi connectivity index (χ2n) is 5.07. The molecule has 0 atom stereocenters. The van der Waals surface area contributed by atoms with Crippen molar-refractivity contribution in [1.29, 1.82) is 0 Å². The van der Waals surface area contributed by atoms with Gasteiger partial charge in [0.15, 0.2) is 6.29 Å². The van der Waals surface area contributed by atoms with Gasteiger partial charge in [-0.15, -0.1) is 0 Å². The summed E-state index contributed by atoms with van der Waals surface area (Å²) in [5.74, 6) is 0.678. The minimum atomic E-state index is 0.599. The number of halogens is 1. The van der Waals surface area contributed by atoms with Crippen LogP contribution in [0.4, 0.5) is 0 Å². The first kappa shape index (κ1) is 14.7. The number of hydrogen-bond donors (Lipinski definition) is 1. The summed E-state index contributed by atoms with van der Waals surface area (Å²) in [4.78, 5) is 15.0. The maximum atomic E-state index is 11.7. The number of nitrogens with one attached hydrogen (secondary N) is 1. The van der Waals surface area contributed by atoms with Crippen molar-refractivity contribution < 1.29 is 9.53 Å². The number of aldehydes is 1. The molecule has 2 aromatic carbocycles. The lowest BCUT2D eigenvalue weighted by atomic mass is 10.0. The summed E-state index contributed by atoms with van der Waals surface area (Å²) in [6, 6.07) is 11.4. The minimum Gasteiger partial charge on any atom is -0.496 e. The number of fused-ring (bicyclic) bond motifs is 1. The number of methoxy groups -OCH3 is 1. The second kappa shape index (κ2) is 5.85. The molecule has 0 saturated heterocycles. The van der Waals surface area contributed by atoms with E-state index in [1.165, 1.54) is 5.56 Å². The first-order valence-electron chi connectivity index (χ1n) is 7.12. The quantitative estimate of drug-likeness (QED) is 0.698. The summed E-state index contributed by atoms with van der Waals surface area (Å²) in [5, 5.41) is 1.52. The van der Waals surface area contributed by atoms with Gasteiger partial charge in [-0.2, -0.15) is 0 Å². The number of rotatable bonds is 4. The summed E-state index contributed by atoms with van der Waals surface area (Å²) >= 11 is 6.12. The van der Waals surface area contributed by atoms with E-state index in [-0.39, 0.29) is 0 Å². The van der Waals surface area contributed by atoms with E-state index in [4.69, 9.17) is 16.3 Å². The van der Waals surface area contributed by atoms with Crippen LogP contribution in [0.15, 0.2) is 36.4 Å². The third-order valence-corrected chi connectivity index (χ3v) is 4.12. The van der Waals surface area contributed by atoms with Gasteiger partial charge in [0.1, 0.15) is 5.75 Å². The highest BCUT2D eigenvalue weighted by atomic mass is 35.5. The van der Waals surface area contributed by atoms with Gasteiger partial charge in [0.2, 0.25) is 0 Å². The van der Waals surface area contributed by atoms with Gasteiger partial charge in [0.05, 0.1) is 12.8 Å². The first-order valence-corrected chi connectivity index (χ1v) is 7.50. The lowest BCUT2D eigenvalue weighted by Gasteiger charge is -2.08. The van der Waals surface area contributed by atoms with Crippen molar-refractivity contribution in [3.05, 3.63) is 52.5 Å². The van der Waals surface area contributed by atoms with E-state index in [0.717, 1.165) is 34.9 Å². The van der Waals surface area contributed by atoms with Gasteiger partial charge in [-0.1, -0.05) is 36.7 Å². The highest BCUT2D eigenvalue weighted by Crippen LogP contribution is 2.37. The van der Waals surface area contributed by atoms with Crippen molar-refractivity contribution in [2.75, 3.05) is 7.11 Å². The average Bonchev–Trinajstić information content (AvgIpc) is 2.93. The molecular weight excluding hydrogens is 298 g/mol. The van der Waals surface area contributed by atoms with Crippen LogP contribution in [0.1, 0.15) is 22.8 Å². The molecule has 3 aromatic rings. The standard InChI is InChI=1S/C18H16ClNO2/c1-3-11-5-4-6-13-15(10-21)18(20-17(11)13)14-9-12(19)7-8-16(14)22-2/h4-10,20H,3H2,1-2H3. The van der Waals surface area contributed by atoms with Gasteiger partial charge < -0.3 is 9.72 Å². The summed E-state index contributed by atoms with van der Waals surface area (Å²) in [6.45, 7) is 2.09. The molecular formula is C18H16ClNO2.